The third kappa shape index (κ3) is 5.83. The van der Waals surface area contributed by atoms with E-state index in [0.717, 1.165) is 12.1 Å². The van der Waals surface area contributed by atoms with Crippen LogP contribution in [0, 0.1) is 23.0 Å². The Morgan fingerprint density at radius 1 is 1.03 bits per heavy atom. The Morgan fingerprint density at radius 2 is 1.69 bits per heavy atom. The first-order chi connectivity index (χ1) is 18.6. The van der Waals surface area contributed by atoms with Crippen LogP contribution >= 0.6 is 0 Å². The number of pyridine rings is 1. The van der Waals surface area contributed by atoms with Crippen molar-refractivity contribution in [3.8, 4) is 6.07 Å². The topological polar surface area (TPSA) is 89.8 Å². The first-order valence-corrected chi connectivity index (χ1v) is 12.8. The maximum Gasteiger partial charge on any atom is 0.410 e. The second kappa shape index (κ2) is 10.4. The number of piperidine rings is 2. The predicted molar refractivity (Wildman–Crippen MR) is 130 cm³/mol. The number of carbonyl (C=O) groups excluding carboxylic acids is 2. The molecule has 12 heteroatoms. The number of hydrogen-bond acceptors (Lipinski definition) is 6. The van der Waals surface area contributed by atoms with Crippen molar-refractivity contribution in [2.24, 2.45) is 0 Å². The summed E-state index contributed by atoms with van der Waals surface area (Å²) in [4.78, 5) is 34.4. The highest BCUT2D eigenvalue weighted by atomic mass is 19.3. The fourth-order valence-electron chi connectivity index (χ4n) is 5.30. The molecule has 0 aliphatic carbocycles. The van der Waals surface area contributed by atoms with Gasteiger partial charge in [0.25, 0.3) is 11.8 Å². The van der Waals surface area contributed by atoms with Crippen molar-refractivity contribution < 1.29 is 31.9 Å². The minimum atomic E-state index is -2.74. The summed E-state index contributed by atoms with van der Waals surface area (Å²) in [5, 5.41) is 8.87. The highest BCUT2D eigenvalue weighted by Gasteiger charge is 2.47. The number of likely N-dealkylation sites (tertiary alicyclic amines) is 2. The Bertz CT molecular complexity index is 1270. The zero-order valence-corrected chi connectivity index (χ0v) is 21.1. The van der Waals surface area contributed by atoms with Crippen LogP contribution < -0.4 is 0 Å². The van der Waals surface area contributed by atoms with Crippen molar-refractivity contribution in [1.29, 1.82) is 5.26 Å². The van der Waals surface area contributed by atoms with Gasteiger partial charge in [0.1, 0.15) is 17.2 Å². The van der Waals surface area contributed by atoms with E-state index >= 15 is 0 Å². The highest BCUT2D eigenvalue weighted by molar-refractivity contribution is 5.94. The van der Waals surface area contributed by atoms with Crippen LogP contribution in [0.3, 0.4) is 0 Å². The van der Waals surface area contributed by atoms with Crippen LogP contribution in [0.4, 0.5) is 22.4 Å². The molecule has 1 aromatic heterocycles. The summed E-state index contributed by atoms with van der Waals surface area (Å²) in [5.74, 6) is -4.61. The number of ether oxygens (including phenoxy) is 1. The number of nitriles is 1. The fraction of sp³-hybridized carbons (Fsp3) is 0.481. The summed E-state index contributed by atoms with van der Waals surface area (Å²) in [5.41, 5.74) is -0.0286. The standard InChI is InChI=1S/C27H27F4N5O3/c28-22-11-18(13-32)12-23(29)21(22)16-34-7-3-26(4-8-34)17-36(25(38)39-26)15-20-2-1-19(14-33-20)24(37)35-9-5-27(30,31)6-10-35/h1-2,11-12,14H,3-10,15-17H2. The number of nitrogens with zero attached hydrogens (tertiary/aromatic N) is 5. The zero-order valence-electron chi connectivity index (χ0n) is 21.1. The number of hydrogen-bond donors (Lipinski definition) is 0. The van der Waals surface area contributed by atoms with E-state index in [-0.39, 0.29) is 56.1 Å². The van der Waals surface area contributed by atoms with Crippen LogP contribution in [0.1, 0.15) is 52.9 Å². The summed E-state index contributed by atoms with van der Waals surface area (Å²) in [6.07, 6.45) is 1.17. The molecule has 0 N–H and O–H groups in total. The predicted octanol–water partition coefficient (Wildman–Crippen LogP) is 4.09. The third-order valence-electron chi connectivity index (χ3n) is 7.67. The van der Waals surface area contributed by atoms with Crippen LogP contribution in [0.25, 0.3) is 0 Å². The van der Waals surface area contributed by atoms with Crippen molar-refractivity contribution in [1.82, 2.24) is 19.7 Å². The lowest BCUT2D eigenvalue weighted by molar-refractivity contribution is -0.0494. The van der Waals surface area contributed by atoms with Gasteiger partial charge in [0.15, 0.2) is 0 Å². The Labute approximate surface area is 222 Å². The van der Waals surface area contributed by atoms with Gasteiger partial charge >= 0.3 is 6.09 Å². The maximum atomic E-state index is 14.3. The van der Waals surface area contributed by atoms with E-state index in [2.05, 4.69) is 4.98 Å². The molecule has 0 bridgehead atoms. The van der Waals surface area contributed by atoms with Gasteiger partial charge < -0.3 is 9.64 Å². The molecule has 3 aliphatic rings. The van der Waals surface area contributed by atoms with Crippen molar-refractivity contribution in [2.45, 2.75) is 50.3 Å². The Hall–Kier alpha value is -3.72. The van der Waals surface area contributed by atoms with Crippen molar-refractivity contribution in [2.75, 3.05) is 32.7 Å². The number of alkyl halides is 2. The molecule has 3 aliphatic heterocycles. The first-order valence-electron chi connectivity index (χ1n) is 12.8. The van der Waals surface area contributed by atoms with Crippen molar-refractivity contribution in [3.63, 3.8) is 0 Å². The van der Waals surface area contributed by atoms with Gasteiger partial charge in [-0.3, -0.25) is 19.6 Å². The second-order valence-electron chi connectivity index (χ2n) is 10.4. The molecule has 0 atom stereocenters. The van der Waals surface area contributed by atoms with Crippen LogP contribution in [-0.2, 0) is 17.8 Å². The van der Waals surface area contributed by atoms with E-state index < -0.39 is 29.3 Å². The summed E-state index contributed by atoms with van der Waals surface area (Å²) in [6.45, 7) is 1.48. The van der Waals surface area contributed by atoms with Gasteiger partial charge in [-0.1, -0.05) is 0 Å². The zero-order chi connectivity index (χ0) is 27.8. The fourth-order valence-corrected chi connectivity index (χ4v) is 5.30. The lowest BCUT2D eigenvalue weighted by Gasteiger charge is -2.37. The number of halogens is 4. The molecule has 0 unspecified atom stereocenters. The van der Waals surface area contributed by atoms with E-state index in [0.29, 0.717) is 43.7 Å². The first kappa shape index (κ1) is 26.9. The molecule has 39 heavy (non-hydrogen) atoms. The number of carbonyl (C=O) groups is 2. The van der Waals surface area contributed by atoms with Gasteiger partial charge in [-0.2, -0.15) is 5.26 Å². The van der Waals surface area contributed by atoms with Gasteiger partial charge in [-0.25, -0.2) is 22.4 Å². The summed E-state index contributed by atoms with van der Waals surface area (Å²) in [7, 11) is 0. The molecule has 3 fully saturated rings. The van der Waals surface area contributed by atoms with Crippen molar-refractivity contribution >= 4 is 12.0 Å². The van der Waals surface area contributed by atoms with E-state index in [9.17, 15) is 27.2 Å². The van der Waals surface area contributed by atoms with E-state index in [1.54, 1.807) is 18.2 Å². The smallest absolute Gasteiger partial charge is 0.410 e. The van der Waals surface area contributed by atoms with Gasteiger partial charge in [0, 0.05) is 70.2 Å². The molecular formula is C27H27F4N5O3. The quantitative estimate of drug-likeness (QED) is 0.526. The van der Waals surface area contributed by atoms with Gasteiger partial charge in [-0.05, 0) is 24.3 Å². The average Bonchev–Trinajstić information content (AvgIpc) is 3.21. The molecule has 4 heterocycles. The van der Waals surface area contributed by atoms with Gasteiger partial charge in [-0.15, -0.1) is 0 Å². The summed E-state index contributed by atoms with van der Waals surface area (Å²) in [6, 6.07) is 6.98. The molecule has 2 amide bonds. The highest BCUT2D eigenvalue weighted by Crippen LogP contribution is 2.35. The minimum absolute atomic E-state index is 0.00985. The monoisotopic (exact) mass is 545 g/mol. The Kier molecular flexibility index (Phi) is 7.20. The maximum absolute atomic E-state index is 14.3. The third-order valence-corrected chi connectivity index (χ3v) is 7.67. The molecule has 2 aromatic rings. The molecule has 1 aromatic carbocycles. The van der Waals surface area contributed by atoms with Crippen LogP contribution in [-0.4, -0.2) is 75.9 Å². The number of benzene rings is 1. The van der Waals surface area contributed by atoms with E-state index in [4.69, 9.17) is 10.00 Å². The molecular weight excluding hydrogens is 518 g/mol. The Morgan fingerprint density at radius 3 is 2.28 bits per heavy atom. The van der Waals surface area contributed by atoms with Crippen LogP contribution in [0.2, 0.25) is 0 Å². The van der Waals surface area contributed by atoms with Gasteiger partial charge in [0.2, 0.25) is 0 Å². The normalized spacial score (nSPS) is 20.6. The SMILES string of the molecule is N#Cc1cc(F)c(CN2CCC3(CC2)CN(Cc2ccc(C(=O)N4CCC(F)(F)CC4)cn2)C(=O)O3)c(F)c1. The summed E-state index contributed by atoms with van der Waals surface area (Å²) < 4.78 is 61.1. The van der Waals surface area contributed by atoms with Crippen LogP contribution in [0.5, 0.6) is 0 Å². The minimum Gasteiger partial charge on any atom is -0.441 e. The molecule has 5 rings (SSSR count). The lowest BCUT2D eigenvalue weighted by Crippen LogP contribution is -2.46. The molecule has 0 radical (unpaired) electrons. The number of amides is 2. The molecule has 3 saturated heterocycles. The van der Waals surface area contributed by atoms with Crippen LogP contribution in [0.15, 0.2) is 30.5 Å². The van der Waals surface area contributed by atoms with E-state index in [1.165, 1.54) is 16.0 Å². The lowest BCUT2D eigenvalue weighted by atomic mass is 9.91. The molecule has 8 nitrogen and oxygen atoms in total. The average molecular weight is 546 g/mol. The molecule has 206 valence electrons. The number of rotatable bonds is 5. The second-order valence-corrected chi connectivity index (χ2v) is 10.4. The van der Waals surface area contributed by atoms with Crippen molar-refractivity contribution in [3.05, 3.63) is 64.5 Å². The largest absolute Gasteiger partial charge is 0.441 e. The van der Waals surface area contributed by atoms with Gasteiger partial charge in [0.05, 0.1) is 36.0 Å². The Balaban J connectivity index is 1.14. The molecule has 0 saturated carbocycles. The number of aromatic nitrogens is 1. The summed E-state index contributed by atoms with van der Waals surface area (Å²) >= 11 is 0. The molecule has 1 spiro atoms. The van der Waals surface area contributed by atoms with E-state index in [1.807, 2.05) is 4.90 Å².